The lowest BCUT2D eigenvalue weighted by molar-refractivity contribution is 0.0787. The number of amides is 1. The molecule has 1 unspecified atom stereocenters. The minimum Gasteiger partial charge on any atom is -0.338 e. The van der Waals surface area contributed by atoms with Crippen molar-refractivity contribution in [2.75, 3.05) is 19.6 Å². The van der Waals surface area contributed by atoms with Crippen molar-refractivity contribution >= 4 is 18.3 Å². The minimum atomic E-state index is 0. The molecule has 2 aromatic carbocycles. The smallest absolute Gasteiger partial charge is 0.253 e. The number of carbonyl (C=O) groups excluding carboxylic acids is 1. The topological polar surface area (TPSA) is 46.3 Å². The Morgan fingerprint density at radius 1 is 1.08 bits per heavy atom. The molecule has 1 atom stereocenters. The summed E-state index contributed by atoms with van der Waals surface area (Å²) in [7, 11) is 0. The van der Waals surface area contributed by atoms with Gasteiger partial charge >= 0.3 is 0 Å². The fourth-order valence-electron chi connectivity index (χ4n) is 3.35. The van der Waals surface area contributed by atoms with Gasteiger partial charge in [-0.3, -0.25) is 4.79 Å². The maximum atomic E-state index is 12.6. The lowest BCUT2D eigenvalue weighted by atomic mass is 10.0. The van der Waals surface area contributed by atoms with Crippen LogP contribution in [0.4, 0.5) is 0 Å². The second kappa shape index (κ2) is 9.02. The molecule has 134 valence electrons. The van der Waals surface area contributed by atoms with E-state index < -0.39 is 0 Å². The first-order valence-electron chi connectivity index (χ1n) is 8.90. The number of nitrogens with two attached hydrogens (primary N) is 1. The van der Waals surface area contributed by atoms with Gasteiger partial charge in [0.2, 0.25) is 0 Å². The van der Waals surface area contributed by atoms with Gasteiger partial charge in [-0.25, -0.2) is 0 Å². The number of hydrogen-bond acceptors (Lipinski definition) is 2. The summed E-state index contributed by atoms with van der Waals surface area (Å²) in [6.07, 6.45) is 3.30. The van der Waals surface area contributed by atoms with Crippen LogP contribution in [0.15, 0.2) is 48.5 Å². The van der Waals surface area contributed by atoms with Crippen LogP contribution in [0, 0.1) is 5.92 Å². The number of aryl methyl sites for hydroxylation is 1. The zero-order valence-electron chi connectivity index (χ0n) is 14.8. The maximum Gasteiger partial charge on any atom is 0.253 e. The average molecular weight is 359 g/mol. The Balaban J connectivity index is 0.00000225. The summed E-state index contributed by atoms with van der Waals surface area (Å²) < 4.78 is 0. The van der Waals surface area contributed by atoms with Crippen molar-refractivity contribution in [3.8, 4) is 11.1 Å². The molecule has 0 bridgehead atoms. The zero-order chi connectivity index (χ0) is 16.9. The molecule has 1 saturated heterocycles. The molecule has 0 radical (unpaired) electrons. The molecule has 2 N–H and O–H groups in total. The first-order chi connectivity index (χ1) is 11.7. The number of hydrogen-bond donors (Lipinski definition) is 1. The van der Waals surface area contributed by atoms with Gasteiger partial charge in [0.25, 0.3) is 5.91 Å². The van der Waals surface area contributed by atoms with E-state index in [9.17, 15) is 4.79 Å². The van der Waals surface area contributed by atoms with Crippen molar-refractivity contribution in [2.45, 2.75) is 26.2 Å². The van der Waals surface area contributed by atoms with Crippen LogP contribution in [0.2, 0.25) is 0 Å². The summed E-state index contributed by atoms with van der Waals surface area (Å²) >= 11 is 0. The summed E-state index contributed by atoms with van der Waals surface area (Å²) in [5.41, 5.74) is 10.2. The van der Waals surface area contributed by atoms with Gasteiger partial charge in [-0.15, -0.1) is 12.4 Å². The predicted molar refractivity (Wildman–Crippen MR) is 106 cm³/mol. The molecular weight excluding hydrogens is 332 g/mol. The van der Waals surface area contributed by atoms with Gasteiger partial charge in [-0.2, -0.15) is 0 Å². The Morgan fingerprint density at radius 2 is 1.68 bits per heavy atom. The van der Waals surface area contributed by atoms with E-state index in [1.807, 2.05) is 29.2 Å². The van der Waals surface area contributed by atoms with E-state index in [2.05, 4.69) is 31.2 Å². The Hall–Kier alpha value is -1.84. The number of rotatable bonds is 5. The van der Waals surface area contributed by atoms with Gasteiger partial charge in [0.1, 0.15) is 0 Å². The largest absolute Gasteiger partial charge is 0.338 e. The molecule has 4 heteroatoms. The lowest BCUT2D eigenvalue weighted by Crippen LogP contribution is -2.29. The Morgan fingerprint density at radius 3 is 2.20 bits per heavy atom. The second-order valence-electron chi connectivity index (χ2n) is 6.67. The van der Waals surface area contributed by atoms with Crippen molar-refractivity contribution in [2.24, 2.45) is 11.7 Å². The summed E-state index contributed by atoms with van der Waals surface area (Å²) in [5, 5.41) is 0. The molecule has 1 aliphatic heterocycles. The predicted octanol–water partition coefficient (Wildman–Crippen LogP) is 4.15. The molecule has 1 aliphatic rings. The first-order valence-corrected chi connectivity index (χ1v) is 8.90. The van der Waals surface area contributed by atoms with Crippen LogP contribution in [-0.2, 0) is 6.42 Å². The summed E-state index contributed by atoms with van der Waals surface area (Å²) in [4.78, 5) is 14.5. The highest BCUT2D eigenvalue weighted by atomic mass is 35.5. The molecule has 0 aliphatic carbocycles. The number of halogens is 1. The monoisotopic (exact) mass is 358 g/mol. The van der Waals surface area contributed by atoms with Gasteiger partial charge in [0, 0.05) is 18.7 Å². The summed E-state index contributed by atoms with van der Waals surface area (Å²) in [6.45, 7) is 4.47. The molecule has 3 rings (SSSR count). The quantitative estimate of drug-likeness (QED) is 0.872. The molecule has 1 amide bonds. The number of benzene rings is 2. The second-order valence-corrected chi connectivity index (χ2v) is 6.67. The number of nitrogens with zero attached hydrogens (tertiary/aromatic N) is 1. The van der Waals surface area contributed by atoms with Crippen molar-refractivity contribution in [1.82, 2.24) is 4.90 Å². The van der Waals surface area contributed by atoms with E-state index in [4.69, 9.17) is 5.73 Å². The fourth-order valence-corrected chi connectivity index (χ4v) is 3.35. The fraction of sp³-hybridized carbons (Fsp3) is 0.381. The number of carbonyl (C=O) groups is 1. The molecule has 0 aromatic heterocycles. The number of likely N-dealkylation sites (tertiary alicyclic amines) is 1. The minimum absolute atomic E-state index is 0. The molecule has 0 saturated carbocycles. The van der Waals surface area contributed by atoms with E-state index in [1.54, 1.807) is 0 Å². The van der Waals surface area contributed by atoms with E-state index in [0.29, 0.717) is 12.5 Å². The van der Waals surface area contributed by atoms with Crippen LogP contribution in [-0.4, -0.2) is 30.4 Å². The van der Waals surface area contributed by atoms with Crippen LogP contribution in [0.3, 0.4) is 0 Å². The Kier molecular flexibility index (Phi) is 7.03. The van der Waals surface area contributed by atoms with E-state index in [1.165, 1.54) is 11.1 Å². The highest BCUT2D eigenvalue weighted by Gasteiger charge is 2.25. The molecule has 1 heterocycles. The van der Waals surface area contributed by atoms with Gasteiger partial charge in [-0.1, -0.05) is 49.7 Å². The van der Waals surface area contributed by atoms with Gasteiger partial charge < -0.3 is 10.6 Å². The molecular formula is C21H27ClN2O. The maximum absolute atomic E-state index is 12.6. The van der Waals surface area contributed by atoms with Crippen molar-refractivity contribution in [3.05, 3.63) is 59.7 Å². The van der Waals surface area contributed by atoms with Crippen molar-refractivity contribution in [1.29, 1.82) is 0 Å². The standard InChI is InChI=1S/C21H26N2O.ClH/c1-2-3-16-4-6-18(7-5-16)19-8-10-20(11-9-19)21(24)23-13-12-17(14-22)15-23;/h4-11,17H,2-3,12-15,22H2,1H3;1H. The third-order valence-electron chi connectivity index (χ3n) is 4.86. The Bertz CT molecular complexity index is 682. The lowest BCUT2D eigenvalue weighted by Gasteiger charge is -2.16. The highest BCUT2D eigenvalue weighted by Crippen LogP contribution is 2.23. The van der Waals surface area contributed by atoms with E-state index in [-0.39, 0.29) is 18.3 Å². The SMILES string of the molecule is CCCc1ccc(-c2ccc(C(=O)N3CCC(CN)C3)cc2)cc1.Cl. The highest BCUT2D eigenvalue weighted by molar-refractivity contribution is 5.94. The van der Waals surface area contributed by atoms with Gasteiger partial charge in [0.15, 0.2) is 0 Å². The van der Waals surface area contributed by atoms with Crippen molar-refractivity contribution < 1.29 is 4.79 Å². The normalized spacial score (nSPS) is 16.6. The molecule has 1 fully saturated rings. The summed E-state index contributed by atoms with van der Waals surface area (Å²) in [6, 6.07) is 16.7. The molecule has 0 spiro atoms. The van der Waals surface area contributed by atoms with Crippen LogP contribution in [0.5, 0.6) is 0 Å². The van der Waals surface area contributed by atoms with Crippen molar-refractivity contribution in [3.63, 3.8) is 0 Å². The average Bonchev–Trinajstić information content (AvgIpc) is 3.11. The van der Waals surface area contributed by atoms with Gasteiger partial charge in [-0.05, 0) is 54.1 Å². The first kappa shape index (κ1) is 19.5. The third-order valence-corrected chi connectivity index (χ3v) is 4.86. The Labute approximate surface area is 156 Å². The van der Waals surface area contributed by atoms with Gasteiger partial charge in [0.05, 0.1) is 0 Å². The molecule has 3 nitrogen and oxygen atoms in total. The zero-order valence-corrected chi connectivity index (χ0v) is 15.6. The van der Waals surface area contributed by atoms with Crippen LogP contribution in [0.1, 0.15) is 35.7 Å². The third kappa shape index (κ3) is 4.62. The molecule has 2 aromatic rings. The van der Waals surface area contributed by atoms with Crippen LogP contribution >= 0.6 is 12.4 Å². The van der Waals surface area contributed by atoms with Crippen LogP contribution < -0.4 is 5.73 Å². The summed E-state index contributed by atoms with van der Waals surface area (Å²) in [5.74, 6) is 0.575. The van der Waals surface area contributed by atoms with E-state index in [0.717, 1.165) is 43.5 Å². The van der Waals surface area contributed by atoms with Crippen LogP contribution in [0.25, 0.3) is 11.1 Å². The van der Waals surface area contributed by atoms with E-state index >= 15 is 0 Å². The molecule has 25 heavy (non-hydrogen) atoms.